The van der Waals surface area contributed by atoms with E-state index in [4.69, 9.17) is 5.11 Å². The van der Waals surface area contributed by atoms with E-state index < -0.39 is 5.97 Å². The Morgan fingerprint density at radius 2 is 1.50 bits per heavy atom. The van der Waals surface area contributed by atoms with Crippen LogP contribution in [-0.2, 0) is 9.59 Å². The molecule has 0 aromatic heterocycles. The van der Waals surface area contributed by atoms with Crippen molar-refractivity contribution in [3.8, 4) is 0 Å². The average molecular weight is 283 g/mol. The van der Waals surface area contributed by atoms with Crippen LogP contribution >= 0.6 is 0 Å². The summed E-state index contributed by atoms with van der Waals surface area (Å²) in [7, 11) is 0. The highest BCUT2D eigenvalue weighted by atomic mass is 16.4. The Hall–Kier alpha value is -1.14. The number of carbonyl (C=O) groups excluding carboxylic acids is 1. The Morgan fingerprint density at radius 1 is 0.950 bits per heavy atom. The second kappa shape index (κ2) is 7.59. The first-order chi connectivity index (χ1) is 9.63. The van der Waals surface area contributed by atoms with Gasteiger partial charge in [0.1, 0.15) is 0 Å². The molecular weight excluding hydrogens is 258 g/mol. The number of piperazine rings is 1. The lowest BCUT2D eigenvalue weighted by Crippen LogP contribution is -2.51. The lowest BCUT2D eigenvalue weighted by molar-refractivity contribution is -0.139. The summed E-state index contributed by atoms with van der Waals surface area (Å²) in [6.07, 6.45) is 5.95. The Kier molecular flexibility index (Phi) is 5.79. The van der Waals surface area contributed by atoms with Crippen LogP contribution in [0.3, 0.4) is 0 Å². The van der Waals surface area contributed by atoms with Gasteiger partial charge in [-0.05, 0) is 12.8 Å². The van der Waals surface area contributed by atoms with Crippen molar-refractivity contribution in [3.63, 3.8) is 0 Å². The summed E-state index contributed by atoms with van der Waals surface area (Å²) in [5, 5.41) is 11.9. The van der Waals surface area contributed by atoms with Crippen molar-refractivity contribution >= 4 is 11.9 Å². The van der Waals surface area contributed by atoms with Gasteiger partial charge in [-0.15, -0.1) is 0 Å². The zero-order chi connectivity index (χ0) is 14.4. The predicted molar refractivity (Wildman–Crippen MR) is 75.5 cm³/mol. The van der Waals surface area contributed by atoms with Crippen molar-refractivity contribution in [1.29, 1.82) is 0 Å². The second-order valence-corrected chi connectivity index (χ2v) is 5.85. The molecule has 2 fully saturated rings. The van der Waals surface area contributed by atoms with Crippen LogP contribution in [0.2, 0.25) is 0 Å². The summed E-state index contributed by atoms with van der Waals surface area (Å²) in [4.78, 5) is 26.6. The van der Waals surface area contributed by atoms with Gasteiger partial charge in [0.15, 0.2) is 0 Å². The first kappa shape index (κ1) is 15.3. The van der Waals surface area contributed by atoms with E-state index >= 15 is 0 Å². The minimum atomic E-state index is -0.784. The van der Waals surface area contributed by atoms with Crippen LogP contribution in [0.4, 0.5) is 0 Å². The summed E-state index contributed by atoms with van der Waals surface area (Å²) in [5.41, 5.74) is 0. The van der Waals surface area contributed by atoms with Crippen molar-refractivity contribution < 1.29 is 14.7 Å². The maximum absolute atomic E-state index is 12.0. The van der Waals surface area contributed by atoms with E-state index in [1.165, 1.54) is 19.3 Å². The maximum Gasteiger partial charge on any atom is 0.317 e. The van der Waals surface area contributed by atoms with Crippen molar-refractivity contribution in [1.82, 2.24) is 15.1 Å². The molecule has 2 rings (SSSR count). The van der Waals surface area contributed by atoms with Gasteiger partial charge < -0.3 is 10.4 Å². The number of aliphatic carboxylic acids is 1. The van der Waals surface area contributed by atoms with Crippen LogP contribution in [0.1, 0.15) is 32.1 Å². The van der Waals surface area contributed by atoms with E-state index in [0.29, 0.717) is 12.6 Å². The zero-order valence-corrected chi connectivity index (χ0v) is 12.0. The largest absolute Gasteiger partial charge is 0.480 e. The number of amides is 1. The van der Waals surface area contributed by atoms with E-state index in [1.54, 1.807) is 0 Å². The molecule has 1 saturated heterocycles. The third-order valence-corrected chi connectivity index (χ3v) is 4.16. The molecule has 1 aliphatic heterocycles. The summed E-state index contributed by atoms with van der Waals surface area (Å²) in [6.45, 7) is 3.53. The number of nitrogens with one attached hydrogen (secondary N) is 1. The van der Waals surface area contributed by atoms with E-state index in [9.17, 15) is 9.59 Å². The van der Waals surface area contributed by atoms with E-state index in [2.05, 4.69) is 10.2 Å². The Bertz CT molecular complexity index is 335. The monoisotopic (exact) mass is 283 g/mol. The zero-order valence-electron chi connectivity index (χ0n) is 12.0. The van der Waals surface area contributed by atoms with Gasteiger partial charge in [-0.2, -0.15) is 0 Å². The van der Waals surface area contributed by atoms with Crippen molar-refractivity contribution in [2.75, 3.05) is 39.3 Å². The molecule has 0 atom stereocenters. The number of hydrogen-bond donors (Lipinski definition) is 2. The molecule has 0 unspecified atom stereocenters. The molecule has 2 aliphatic rings. The fourth-order valence-corrected chi connectivity index (χ4v) is 3.02. The number of rotatable bonds is 5. The van der Waals surface area contributed by atoms with Gasteiger partial charge in [-0.25, -0.2) is 0 Å². The van der Waals surface area contributed by atoms with Crippen molar-refractivity contribution in [2.45, 2.75) is 38.1 Å². The Morgan fingerprint density at radius 3 is 2.05 bits per heavy atom. The fourth-order valence-electron chi connectivity index (χ4n) is 3.02. The summed E-state index contributed by atoms with van der Waals surface area (Å²) >= 11 is 0. The summed E-state index contributed by atoms with van der Waals surface area (Å²) < 4.78 is 0. The molecule has 0 radical (unpaired) electrons. The van der Waals surface area contributed by atoms with Crippen molar-refractivity contribution in [3.05, 3.63) is 0 Å². The fraction of sp³-hybridized carbons (Fsp3) is 0.857. The van der Waals surface area contributed by atoms with Crippen LogP contribution in [-0.4, -0.2) is 72.1 Å². The molecule has 2 N–H and O–H groups in total. The number of nitrogens with zero attached hydrogens (tertiary/aromatic N) is 2. The Balaban J connectivity index is 1.64. The molecule has 6 heteroatoms. The molecule has 0 aromatic carbocycles. The SMILES string of the molecule is O=C(O)CN1CCN(CC(=O)NC2CCCCC2)CC1. The first-order valence-electron chi connectivity index (χ1n) is 7.59. The van der Waals surface area contributed by atoms with E-state index in [1.807, 2.05) is 4.90 Å². The molecule has 1 amide bonds. The molecule has 1 aliphatic carbocycles. The molecule has 20 heavy (non-hydrogen) atoms. The lowest BCUT2D eigenvalue weighted by atomic mass is 9.95. The number of carbonyl (C=O) groups is 2. The van der Waals surface area contributed by atoms with Gasteiger partial charge in [-0.1, -0.05) is 19.3 Å². The molecule has 0 aromatic rings. The summed E-state index contributed by atoms with van der Waals surface area (Å²) in [6, 6.07) is 0.365. The molecule has 0 bridgehead atoms. The van der Waals surface area contributed by atoms with Gasteiger partial charge in [0, 0.05) is 32.2 Å². The predicted octanol–water partition coefficient (Wildman–Crippen LogP) is 0.138. The summed E-state index contributed by atoms with van der Waals surface area (Å²) in [5.74, 6) is -0.669. The normalized spacial score (nSPS) is 22.6. The third-order valence-electron chi connectivity index (χ3n) is 4.16. The number of hydrogen-bond acceptors (Lipinski definition) is 4. The highest BCUT2D eigenvalue weighted by Crippen LogP contribution is 2.17. The van der Waals surface area contributed by atoms with Gasteiger partial charge in [-0.3, -0.25) is 19.4 Å². The topological polar surface area (TPSA) is 72.9 Å². The molecule has 1 heterocycles. The van der Waals surface area contributed by atoms with Crippen LogP contribution in [0.5, 0.6) is 0 Å². The van der Waals surface area contributed by atoms with E-state index in [0.717, 1.165) is 39.0 Å². The second-order valence-electron chi connectivity index (χ2n) is 5.85. The van der Waals surface area contributed by atoms with Gasteiger partial charge in [0.25, 0.3) is 0 Å². The minimum absolute atomic E-state index is 0.0993. The standard InChI is InChI=1S/C14H25N3O3/c18-13(15-12-4-2-1-3-5-12)10-16-6-8-17(9-7-16)11-14(19)20/h12H,1-11H2,(H,15,18)(H,19,20). The van der Waals surface area contributed by atoms with Gasteiger partial charge in [0.2, 0.25) is 5.91 Å². The quantitative estimate of drug-likeness (QED) is 0.751. The minimum Gasteiger partial charge on any atom is -0.480 e. The van der Waals surface area contributed by atoms with Crippen LogP contribution in [0, 0.1) is 0 Å². The Labute approximate surface area is 120 Å². The molecule has 114 valence electrons. The van der Waals surface area contributed by atoms with E-state index in [-0.39, 0.29) is 12.5 Å². The average Bonchev–Trinajstić information content (AvgIpc) is 2.41. The van der Waals surface area contributed by atoms with Crippen LogP contribution in [0.25, 0.3) is 0 Å². The number of carboxylic acids is 1. The van der Waals surface area contributed by atoms with Gasteiger partial charge >= 0.3 is 5.97 Å². The maximum atomic E-state index is 12.0. The lowest BCUT2D eigenvalue weighted by Gasteiger charge is -2.33. The number of carboxylic acid groups (broad SMARTS) is 1. The molecular formula is C14H25N3O3. The highest BCUT2D eigenvalue weighted by molar-refractivity contribution is 5.78. The molecule has 1 saturated carbocycles. The first-order valence-corrected chi connectivity index (χ1v) is 7.59. The molecule has 6 nitrogen and oxygen atoms in total. The van der Waals surface area contributed by atoms with Crippen LogP contribution in [0.15, 0.2) is 0 Å². The highest BCUT2D eigenvalue weighted by Gasteiger charge is 2.21. The van der Waals surface area contributed by atoms with Gasteiger partial charge in [0.05, 0.1) is 13.1 Å². The molecule has 0 spiro atoms. The van der Waals surface area contributed by atoms with Crippen molar-refractivity contribution in [2.24, 2.45) is 0 Å². The van der Waals surface area contributed by atoms with Crippen LogP contribution < -0.4 is 5.32 Å². The third kappa shape index (κ3) is 5.09. The smallest absolute Gasteiger partial charge is 0.317 e.